The van der Waals surface area contributed by atoms with Crippen molar-refractivity contribution in [2.45, 2.75) is 64.2 Å². The molecule has 0 saturated heterocycles. The number of nitrogens with two attached hydrogens (primary N) is 2. The van der Waals surface area contributed by atoms with Gasteiger partial charge in [-0.1, -0.05) is 32.0 Å². The number of fused-ring (bicyclic) bond motifs is 1. The smallest absolute Gasteiger partial charge is 0.326 e. The van der Waals surface area contributed by atoms with E-state index in [0.717, 1.165) is 10.9 Å². The maximum absolute atomic E-state index is 13.0. The van der Waals surface area contributed by atoms with Crippen LogP contribution in [0.4, 0.5) is 0 Å². The van der Waals surface area contributed by atoms with Crippen molar-refractivity contribution in [1.82, 2.24) is 20.9 Å². The first-order valence-electron chi connectivity index (χ1n) is 11.6. The Balaban J connectivity index is 2.19. The number of amides is 4. The van der Waals surface area contributed by atoms with Crippen molar-refractivity contribution in [3.8, 4) is 0 Å². The first-order chi connectivity index (χ1) is 16.9. The van der Waals surface area contributed by atoms with Gasteiger partial charge in [-0.05, 0) is 30.9 Å². The van der Waals surface area contributed by atoms with E-state index in [-0.39, 0.29) is 18.8 Å². The van der Waals surface area contributed by atoms with Gasteiger partial charge in [-0.2, -0.15) is 0 Å². The second kappa shape index (κ2) is 12.7. The summed E-state index contributed by atoms with van der Waals surface area (Å²) in [6, 6.07) is 2.64. The van der Waals surface area contributed by atoms with Crippen molar-refractivity contribution >= 4 is 40.5 Å². The molecule has 12 heteroatoms. The van der Waals surface area contributed by atoms with Crippen LogP contribution < -0.4 is 27.4 Å². The van der Waals surface area contributed by atoms with Crippen LogP contribution in [0, 0.1) is 5.92 Å². The molecule has 0 saturated carbocycles. The molecule has 0 aliphatic carbocycles. The molecule has 0 radical (unpaired) electrons. The van der Waals surface area contributed by atoms with Crippen molar-refractivity contribution in [3.05, 3.63) is 36.0 Å². The van der Waals surface area contributed by atoms with Gasteiger partial charge in [0.1, 0.15) is 18.1 Å². The maximum Gasteiger partial charge on any atom is 0.326 e. The number of primary amides is 1. The lowest BCUT2D eigenvalue weighted by Gasteiger charge is -2.25. The van der Waals surface area contributed by atoms with Crippen molar-refractivity contribution < 1.29 is 29.1 Å². The number of H-pyrrole nitrogens is 1. The summed E-state index contributed by atoms with van der Waals surface area (Å²) in [5.74, 6) is -4.33. The molecule has 2 rings (SSSR count). The van der Waals surface area contributed by atoms with Crippen molar-refractivity contribution in [2.75, 3.05) is 0 Å². The van der Waals surface area contributed by atoms with Crippen LogP contribution in [-0.4, -0.2) is 63.9 Å². The molecule has 4 atom stereocenters. The number of aromatic amines is 1. The molecule has 0 bridgehead atoms. The second-order valence-electron chi connectivity index (χ2n) is 9.17. The molecule has 1 heterocycles. The topological polar surface area (TPSA) is 209 Å². The van der Waals surface area contributed by atoms with Gasteiger partial charge in [-0.15, -0.1) is 0 Å². The molecule has 2 aromatic rings. The third-order valence-corrected chi connectivity index (χ3v) is 5.51. The van der Waals surface area contributed by atoms with Gasteiger partial charge in [0.2, 0.25) is 23.6 Å². The molecule has 196 valence electrons. The van der Waals surface area contributed by atoms with E-state index in [9.17, 15) is 29.1 Å². The Labute approximate surface area is 208 Å². The fraction of sp³-hybridized carbons (Fsp3) is 0.458. The van der Waals surface area contributed by atoms with E-state index in [1.807, 2.05) is 38.1 Å². The van der Waals surface area contributed by atoms with Crippen molar-refractivity contribution in [3.63, 3.8) is 0 Å². The first-order valence-corrected chi connectivity index (χ1v) is 11.6. The average Bonchev–Trinajstić information content (AvgIpc) is 3.19. The lowest BCUT2D eigenvalue weighted by molar-refractivity contribution is -0.142. The summed E-state index contributed by atoms with van der Waals surface area (Å²) in [7, 11) is 0. The number of hydrogen-bond acceptors (Lipinski definition) is 6. The quantitative estimate of drug-likeness (QED) is 0.191. The van der Waals surface area contributed by atoms with Gasteiger partial charge in [0.05, 0.1) is 12.5 Å². The van der Waals surface area contributed by atoms with E-state index in [2.05, 4.69) is 20.9 Å². The molecule has 1 aromatic carbocycles. The third-order valence-electron chi connectivity index (χ3n) is 5.51. The summed E-state index contributed by atoms with van der Waals surface area (Å²) in [6.07, 6.45) is 1.30. The molecule has 0 aliphatic rings. The minimum absolute atomic E-state index is 0.00473. The highest BCUT2D eigenvalue weighted by atomic mass is 16.4. The number of carboxylic acid groups (broad SMARTS) is 1. The van der Waals surface area contributed by atoms with E-state index < -0.39 is 60.2 Å². The van der Waals surface area contributed by atoms with E-state index in [1.165, 1.54) is 6.92 Å². The number of aromatic nitrogens is 1. The predicted octanol–water partition coefficient (Wildman–Crippen LogP) is -0.482. The molecule has 0 spiro atoms. The number of carbonyl (C=O) groups excluding carboxylic acids is 4. The van der Waals surface area contributed by atoms with E-state index in [4.69, 9.17) is 11.5 Å². The third kappa shape index (κ3) is 8.08. The van der Waals surface area contributed by atoms with Crippen LogP contribution in [0.3, 0.4) is 0 Å². The zero-order valence-corrected chi connectivity index (χ0v) is 20.5. The van der Waals surface area contributed by atoms with E-state index in [0.29, 0.717) is 5.56 Å². The molecule has 9 N–H and O–H groups in total. The van der Waals surface area contributed by atoms with Gasteiger partial charge in [0.15, 0.2) is 0 Å². The van der Waals surface area contributed by atoms with E-state index in [1.54, 1.807) is 6.20 Å². The van der Waals surface area contributed by atoms with Crippen molar-refractivity contribution in [1.29, 1.82) is 0 Å². The molecule has 0 aliphatic heterocycles. The second-order valence-corrected chi connectivity index (χ2v) is 9.17. The van der Waals surface area contributed by atoms with Crippen molar-refractivity contribution in [2.24, 2.45) is 17.4 Å². The highest BCUT2D eigenvalue weighted by molar-refractivity contribution is 5.96. The van der Waals surface area contributed by atoms with Crippen LogP contribution in [0.25, 0.3) is 10.9 Å². The van der Waals surface area contributed by atoms with Crippen LogP contribution in [0.5, 0.6) is 0 Å². The number of para-hydroxylation sites is 1. The summed E-state index contributed by atoms with van der Waals surface area (Å²) in [4.78, 5) is 64.6. The minimum Gasteiger partial charge on any atom is -0.480 e. The molecule has 12 nitrogen and oxygen atoms in total. The summed E-state index contributed by atoms with van der Waals surface area (Å²) in [5, 5.41) is 17.9. The van der Waals surface area contributed by atoms with Crippen LogP contribution in [0.2, 0.25) is 0 Å². The molecule has 36 heavy (non-hydrogen) atoms. The highest BCUT2D eigenvalue weighted by Gasteiger charge is 2.31. The summed E-state index contributed by atoms with van der Waals surface area (Å²) < 4.78 is 0. The lowest BCUT2D eigenvalue weighted by atomic mass is 10.0. The molecular weight excluding hydrogens is 468 g/mol. The number of benzene rings is 1. The predicted molar refractivity (Wildman–Crippen MR) is 132 cm³/mol. The Kier molecular flexibility index (Phi) is 9.97. The fourth-order valence-electron chi connectivity index (χ4n) is 3.68. The van der Waals surface area contributed by atoms with Crippen LogP contribution in [0.15, 0.2) is 30.5 Å². The zero-order chi connectivity index (χ0) is 27.0. The van der Waals surface area contributed by atoms with Crippen LogP contribution in [-0.2, 0) is 30.4 Å². The molecule has 1 aromatic heterocycles. The SMILES string of the molecule is CC(C)CC(NC(=O)C(C)N)C(=O)NC(CC(N)=O)C(=O)NC(Cc1c[nH]c2ccccc12)C(=O)O. The molecule has 4 amide bonds. The summed E-state index contributed by atoms with van der Waals surface area (Å²) in [5.41, 5.74) is 12.3. The molecular formula is C24H34N6O6. The Hall–Kier alpha value is -3.93. The highest BCUT2D eigenvalue weighted by Crippen LogP contribution is 2.19. The van der Waals surface area contributed by atoms with Gasteiger partial charge in [-0.3, -0.25) is 19.2 Å². The molecule has 4 unspecified atom stereocenters. The Bertz CT molecular complexity index is 1110. The number of hydrogen-bond donors (Lipinski definition) is 7. The maximum atomic E-state index is 13.0. The monoisotopic (exact) mass is 502 g/mol. The fourth-order valence-corrected chi connectivity index (χ4v) is 3.68. The van der Waals surface area contributed by atoms with Crippen LogP contribution >= 0.6 is 0 Å². The molecule has 0 fully saturated rings. The average molecular weight is 503 g/mol. The Morgan fingerprint density at radius 2 is 1.50 bits per heavy atom. The zero-order valence-electron chi connectivity index (χ0n) is 20.5. The standard InChI is InChI=1S/C24H34N6O6/c1-12(2)8-17(28-21(32)13(3)25)22(33)29-18(10-20(26)31)23(34)30-19(24(35)36)9-14-11-27-16-7-5-4-6-15(14)16/h4-7,11-13,17-19,27H,8-10,25H2,1-3H3,(H2,26,31)(H,28,32)(H,29,33)(H,30,34)(H,35,36). The first kappa shape index (κ1) is 28.3. The normalized spacial score (nSPS) is 14.5. The lowest BCUT2D eigenvalue weighted by Crippen LogP contribution is -2.58. The Morgan fingerprint density at radius 1 is 0.917 bits per heavy atom. The number of rotatable bonds is 13. The number of carboxylic acids is 1. The van der Waals surface area contributed by atoms with Crippen LogP contribution in [0.1, 0.15) is 39.2 Å². The van der Waals surface area contributed by atoms with Gasteiger partial charge in [0, 0.05) is 23.5 Å². The minimum atomic E-state index is -1.44. The largest absolute Gasteiger partial charge is 0.480 e. The van der Waals surface area contributed by atoms with Gasteiger partial charge < -0.3 is 37.5 Å². The number of aliphatic carboxylic acids is 1. The van der Waals surface area contributed by atoms with Gasteiger partial charge >= 0.3 is 5.97 Å². The van der Waals surface area contributed by atoms with Gasteiger partial charge in [0.25, 0.3) is 0 Å². The number of nitrogens with one attached hydrogen (secondary N) is 4. The van der Waals surface area contributed by atoms with E-state index >= 15 is 0 Å². The summed E-state index contributed by atoms with van der Waals surface area (Å²) in [6.45, 7) is 5.14. The van der Waals surface area contributed by atoms with Gasteiger partial charge in [-0.25, -0.2) is 4.79 Å². The number of carbonyl (C=O) groups is 5. The summed E-state index contributed by atoms with van der Waals surface area (Å²) >= 11 is 0. The Morgan fingerprint density at radius 3 is 2.08 bits per heavy atom.